The first-order chi connectivity index (χ1) is 18.7. The number of fused-ring (bicyclic) bond motifs is 1. The summed E-state index contributed by atoms with van der Waals surface area (Å²) in [6.45, 7) is 6.22. The highest BCUT2D eigenvalue weighted by Gasteiger charge is 2.45. The van der Waals surface area contributed by atoms with Crippen LogP contribution in [0.25, 0.3) is 0 Å². The first kappa shape index (κ1) is 26.5. The van der Waals surface area contributed by atoms with Crippen molar-refractivity contribution in [2.45, 2.75) is 45.3 Å². The van der Waals surface area contributed by atoms with Crippen LogP contribution in [0.4, 0.5) is 0 Å². The van der Waals surface area contributed by atoms with Crippen LogP contribution >= 0.6 is 0 Å². The Labute approximate surface area is 230 Å². The number of hydrogen-bond acceptors (Lipinski definition) is 5. The first-order valence-corrected chi connectivity index (χ1v) is 13.2. The van der Waals surface area contributed by atoms with Crippen molar-refractivity contribution >= 4 is 5.97 Å². The summed E-state index contributed by atoms with van der Waals surface area (Å²) in [4.78, 5) is 12.4. The van der Waals surface area contributed by atoms with Crippen LogP contribution < -0.4 is 14.2 Å². The van der Waals surface area contributed by atoms with Gasteiger partial charge in [0.15, 0.2) is 0 Å². The minimum absolute atomic E-state index is 0.289. The van der Waals surface area contributed by atoms with E-state index in [1.807, 2.05) is 112 Å². The van der Waals surface area contributed by atoms with Crippen LogP contribution in [-0.2, 0) is 23.4 Å². The largest absolute Gasteiger partial charge is 0.492 e. The second-order valence-electron chi connectivity index (χ2n) is 11.1. The van der Waals surface area contributed by atoms with Gasteiger partial charge in [-0.1, -0.05) is 72.8 Å². The summed E-state index contributed by atoms with van der Waals surface area (Å²) in [5.74, 6) is 1.07. The van der Waals surface area contributed by atoms with Gasteiger partial charge in [-0.3, -0.25) is 4.79 Å². The third kappa shape index (κ3) is 5.99. The molecule has 0 aromatic heterocycles. The lowest BCUT2D eigenvalue weighted by atomic mass is 9.72. The topological polar surface area (TPSA) is 65.0 Å². The molecule has 0 saturated heterocycles. The molecule has 0 unspecified atom stereocenters. The van der Waals surface area contributed by atoms with Crippen molar-refractivity contribution < 1.29 is 24.1 Å². The summed E-state index contributed by atoms with van der Waals surface area (Å²) in [5.41, 5.74) is 1.87. The second kappa shape index (κ2) is 11.0. The van der Waals surface area contributed by atoms with Crippen LogP contribution in [0.15, 0.2) is 103 Å². The van der Waals surface area contributed by atoms with E-state index in [1.54, 1.807) is 12.1 Å². The monoisotopic (exact) mass is 522 g/mol. The maximum atomic E-state index is 12.4. The van der Waals surface area contributed by atoms with E-state index in [1.165, 1.54) is 0 Å². The molecule has 0 spiro atoms. The molecule has 0 amide bonds. The molecular formula is C34H34O5. The molecule has 4 aromatic rings. The third-order valence-electron chi connectivity index (χ3n) is 7.07. The maximum absolute atomic E-state index is 12.4. The van der Waals surface area contributed by atoms with Gasteiger partial charge in [-0.25, -0.2) is 0 Å². The molecule has 0 fully saturated rings. The van der Waals surface area contributed by atoms with E-state index < -0.39 is 11.0 Å². The van der Waals surface area contributed by atoms with Gasteiger partial charge < -0.3 is 19.3 Å². The molecule has 200 valence electrons. The molecule has 1 aliphatic rings. The molecule has 5 heteroatoms. The average molecular weight is 523 g/mol. The molecule has 5 nitrogen and oxygen atoms in total. The van der Waals surface area contributed by atoms with E-state index in [9.17, 15) is 9.90 Å². The Balaban J connectivity index is 1.42. The van der Waals surface area contributed by atoms with E-state index >= 15 is 0 Å². The zero-order chi connectivity index (χ0) is 27.5. The second-order valence-corrected chi connectivity index (χ2v) is 11.1. The molecule has 0 radical (unpaired) electrons. The number of hydrogen-bond donors (Lipinski definition) is 1. The Hall–Kier alpha value is -4.09. The summed E-state index contributed by atoms with van der Waals surface area (Å²) >= 11 is 0. The number of benzene rings is 4. The molecule has 2 atom stereocenters. The smallest absolute Gasteiger partial charge is 0.316 e. The van der Waals surface area contributed by atoms with Crippen molar-refractivity contribution in [2.75, 3.05) is 6.61 Å². The zero-order valence-electron chi connectivity index (χ0n) is 22.6. The van der Waals surface area contributed by atoms with Gasteiger partial charge in [-0.2, -0.15) is 0 Å². The third-order valence-corrected chi connectivity index (χ3v) is 7.07. The van der Waals surface area contributed by atoms with E-state index in [0.29, 0.717) is 36.7 Å². The fraction of sp³-hybridized carbons (Fsp3) is 0.265. The molecule has 1 aliphatic heterocycles. The molecule has 0 aliphatic carbocycles. The fourth-order valence-corrected chi connectivity index (χ4v) is 4.83. The van der Waals surface area contributed by atoms with Gasteiger partial charge >= 0.3 is 5.97 Å². The number of rotatable bonds is 7. The Morgan fingerprint density at radius 3 is 2.18 bits per heavy atom. The molecule has 5 rings (SSSR count). The summed E-state index contributed by atoms with van der Waals surface area (Å²) in [7, 11) is 0. The van der Waals surface area contributed by atoms with Crippen LogP contribution in [0.5, 0.6) is 17.2 Å². The van der Waals surface area contributed by atoms with E-state index in [-0.39, 0.29) is 11.9 Å². The highest BCUT2D eigenvalue weighted by Crippen LogP contribution is 2.48. The van der Waals surface area contributed by atoms with Gasteiger partial charge in [0.05, 0.1) is 17.9 Å². The van der Waals surface area contributed by atoms with Gasteiger partial charge in [0.1, 0.15) is 29.5 Å². The van der Waals surface area contributed by atoms with Gasteiger partial charge in [0.2, 0.25) is 0 Å². The molecule has 4 aromatic carbocycles. The van der Waals surface area contributed by atoms with Gasteiger partial charge in [-0.15, -0.1) is 0 Å². The SMILES string of the molecule is CC(C)(C)C(=O)Oc1ccc2c(c1)OC[C@H](c1ccccc1)[C@]2(O)Cc1ccc(OCc2ccccc2)cc1. The standard InChI is InChI=1S/C34H34O5/c1-33(2,3)32(35)39-28-18-19-29-31(20-28)38-23-30(26-12-8-5-9-13-26)34(29,36)21-24-14-16-27(17-15-24)37-22-25-10-6-4-7-11-25/h4-20,30,36H,21-23H2,1-3H3/t30-,34+/m1/s1. The Bertz CT molecular complexity index is 1410. The highest BCUT2D eigenvalue weighted by atomic mass is 16.5. The van der Waals surface area contributed by atoms with Crippen LogP contribution in [0.3, 0.4) is 0 Å². The van der Waals surface area contributed by atoms with Crippen molar-refractivity contribution in [3.05, 3.63) is 125 Å². The number of carbonyl (C=O) groups excluding carboxylic acids is 1. The molecule has 1 N–H and O–H groups in total. The molecule has 0 saturated carbocycles. The number of esters is 1. The van der Waals surface area contributed by atoms with Gasteiger partial charge in [-0.05, 0) is 61.7 Å². The average Bonchev–Trinajstić information content (AvgIpc) is 2.93. The van der Waals surface area contributed by atoms with Crippen molar-refractivity contribution in [3.63, 3.8) is 0 Å². The lowest BCUT2D eigenvalue weighted by molar-refractivity contribution is -0.143. The lowest BCUT2D eigenvalue weighted by Gasteiger charge is -2.42. The Morgan fingerprint density at radius 2 is 1.51 bits per heavy atom. The summed E-state index contributed by atoms with van der Waals surface area (Å²) in [5, 5.41) is 12.4. The molecular weight excluding hydrogens is 488 g/mol. The van der Waals surface area contributed by atoms with E-state index in [0.717, 1.165) is 22.4 Å². The van der Waals surface area contributed by atoms with E-state index in [2.05, 4.69) is 0 Å². The quantitative estimate of drug-likeness (QED) is 0.213. The van der Waals surface area contributed by atoms with Crippen LogP contribution in [0, 0.1) is 5.41 Å². The lowest BCUT2D eigenvalue weighted by Crippen LogP contribution is -2.42. The molecule has 1 heterocycles. The number of aliphatic hydroxyl groups is 1. The summed E-state index contributed by atoms with van der Waals surface area (Å²) in [6.07, 6.45) is 0.378. The zero-order valence-corrected chi connectivity index (χ0v) is 22.6. The summed E-state index contributed by atoms with van der Waals surface area (Å²) in [6, 6.07) is 33.1. The van der Waals surface area contributed by atoms with Gasteiger partial charge in [0, 0.05) is 18.1 Å². The van der Waals surface area contributed by atoms with Crippen LogP contribution in [-0.4, -0.2) is 17.7 Å². The minimum atomic E-state index is -1.24. The predicted octanol–water partition coefficient (Wildman–Crippen LogP) is 6.82. The number of carbonyl (C=O) groups is 1. The van der Waals surface area contributed by atoms with Crippen LogP contribution in [0.1, 0.15) is 48.9 Å². The highest BCUT2D eigenvalue weighted by molar-refractivity contribution is 5.78. The number of ether oxygens (including phenoxy) is 3. The molecule has 39 heavy (non-hydrogen) atoms. The Morgan fingerprint density at radius 1 is 0.872 bits per heavy atom. The van der Waals surface area contributed by atoms with Crippen LogP contribution in [0.2, 0.25) is 0 Å². The van der Waals surface area contributed by atoms with Crippen molar-refractivity contribution in [3.8, 4) is 17.2 Å². The predicted molar refractivity (Wildman–Crippen MR) is 151 cm³/mol. The van der Waals surface area contributed by atoms with Crippen molar-refractivity contribution in [2.24, 2.45) is 5.41 Å². The van der Waals surface area contributed by atoms with Gasteiger partial charge in [0.25, 0.3) is 0 Å². The van der Waals surface area contributed by atoms with E-state index in [4.69, 9.17) is 14.2 Å². The summed E-state index contributed by atoms with van der Waals surface area (Å²) < 4.78 is 17.7. The normalized spacial score (nSPS) is 18.5. The first-order valence-electron chi connectivity index (χ1n) is 13.2. The van der Waals surface area contributed by atoms with Crippen molar-refractivity contribution in [1.29, 1.82) is 0 Å². The fourth-order valence-electron chi connectivity index (χ4n) is 4.83. The Kier molecular flexibility index (Phi) is 7.45. The molecule has 0 bridgehead atoms. The minimum Gasteiger partial charge on any atom is -0.492 e. The van der Waals surface area contributed by atoms with Crippen molar-refractivity contribution in [1.82, 2.24) is 0 Å². The maximum Gasteiger partial charge on any atom is 0.316 e.